The molecule has 52 valence electrons. The van der Waals surface area contributed by atoms with Crippen molar-refractivity contribution in [2.45, 2.75) is 39.5 Å². The van der Waals surface area contributed by atoms with Crippen LogP contribution in [0, 0.1) is 5.92 Å². The Labute approximate surface area is 58.0 Å². The molecule has 0 aromatic heterocycles. The van der Waals surface area contributed by atoms with Crippen molar-refractivity contribution in [1.82, 2.24) is 0 Å². The molecule has 0 unspecified atom stereocenters. The molecule has 2 bridgehead atoms. The standard InChI is InChI=1S/C8H12.CH4/c1-2-8-5-3-7(1)4-6-8;/h1,8H,2-6H2;1H4. The number of hydrogen-bond donors (Lipinski definition) is 0. The second-order valence-electron chi connectivity index (χ2n) is 3.04. The molecule has 0 radical (unpaired) electrons. The molecule has 0 nitrogen and oxygen atoms in total. The van der Waals surface area contributed by atoms with Gasteiger partial charge in [-0.05, 0) is 38.0 Å². The summed E-state index contributed by atoms with van der Waals surface area (Å²) in [6.07, 6.45) is 9.68. The first-order valence-electron chi connectivity index (χ1n) is 3.63. The Morgan fingerprint density at radius 2 is 1.89 bits per heavy atom. The molecule has 0 atom stereocenters. The summed E-state index contributed by atoms with van der Waals surface area (Å²) in [5, 5.41) is 0. The monoisotopic (exact) mass is 124 g/mol. The van der Waals surface area contributed by atoms with Crippen LogP contribution in [0.25, 0.3) is 0 Å². The summed E-state index contributed by atoms with van der Waals surface area (Å²) in [5.41, 5.74) is 1.74. The molecule has 0 aromatic rings. The predicted molar refractivity (Wildman–Crippen MR) is 41.4 cm³/mol. The van der Waals surface area contributed by atoms with Crippen LogP contribution in [-0.2, 0) is 0 Å². The quantitative estimate of drug-likeness (QED) is 0.435. The maximum absolute atomic E-state index is 2.46. The first-order valence-corrected chi connectivity index (χ1v) is 3.63. The van der Waals surface area contributed by atoms with E-state index in [1.165, 1.54) is 32.1 Å². The molecule has 0 heterocycles. The maximum atomic E-state index is 2.46. The molecule has 3 aliphatic carbocycles. The molecule has 0 spiro atoms. The highest BCUT2D eigenvalue weighted by molar-refractivity contribution is 5.10. The van der Waals surface area contributed by atoms with Crippen molar-refractivity contribution in [3.05, 3.63) is 11.6 Å². The Morgan fingerprint density at radius 3 is 2.00 bits per heavy atom. The largest absolute Gasteiger partial charge is 0.0851 e. The fourth-order valence-corrected chi connectivity index (χ4v) is 1.82. The van der Waals surface area contributed by atoms with Gasteiger partial charge in [0.2, 0.25) is 0 Å². The van der Waals surface area contributed by atoms with Crippen molar-refractivity contribution >= 4 is 0 Å². The van der Waals surface area contributed by atoms with Crippen LogP contribution in [0.3, 0.4) is 0 Å². The van der Waals surface area contributed by atoms with Gasteiger partial charge in [-0.1, -0.05) is 19.1 Å². The van der Waals surface area contributed by atoms with Crippen molar-refractivity contribution in [2.24, 2.45) is 5.92 Å². The Morgan fingerprint density at radius 1 is 1.22 bits per heavy atom. The molecule has 0 aliphatic heterocycles. The molecule has 0 heteroatoms. The molecule has 1 saturated carbocycles. The minimum absolute atomic E-state index is 0. The minimum atomic E-state index is 0. The van der Waals surface area contributed by atoms with Crippen LogP contribution in [0.5, 0.6) is 0 Å². The zero-order chi connectivity index (χ0) is 5.40. The van der Waals surface area contributed by atoms with Crippen LogP contribution < -0.4 is 0 Å². The molecule has 9 heavy (non-hydrogen) atoms. The molecule has 1 fully saturated rings. The fourth-order valence-electron chi connectivity index (χ4n) is 1.82. The summed E-state index contributed by atoms with van der Waals surface area (Å²) in [4.78, 5) is 0. The van der Waals surface area contributed by atoms with Crippen LogP contribution in [0.4, 0.5) is 0 Å². The van der Waals surface area contributed by atoms with E-state index >= 15 is 0 Å². The SMILES string of the molecule is C.C1=C2CCC(C1)CC2. The van der Waals surface area contributed by atoms with Crippen LogP contribution in [0.1, 0.15) is 39.5 Å². The zero-order valence-electron chi connectivity index (χ0n) is 5.19. The second-order valence-corrected chi connectivity index (χ2v) is 3.04. The van der Waals surface area contributed by atoms with E-state index in [-0.39, 0.29) is 7.43 Å². The lowest BCUT2D eigenvalue weighted by Crippen LogP contribution is -2.12. The summed E-state index contributed by atoms with van der Waals surface area (Å²) in [6, 6.07) is 0. The highest BCUT2D eigenvalue weighted by atomic mass is 14.2. The van der Waals surface area contributed by atoms with Crippen molar-refractivity contribution in [3.63, 3.8) is 0 Å². The smallest absolute Gasteiger partial charge is 0.0318 e. The minimum Gasteiger partial charge on any atom is -0.0851 e. The number of hydrogen-bond acceptors (Lipinski definition) is 0. The molecular formula is C9H16. The van der Waals surface area contributed by atoms with E-state index in [1.54, 1.807) is 5.57 Å². The molecule has 3 rings (SSSR count). The topological polar surface area (TPSA) is 0 Å². The molecular weight excluding hydrogens is 108 g/mol. The summed E-state index contributed by atoms with van der Waals surface area (Å²) in [5.74, 6) is 1.08. The molecule has 0 amide bonds. The van der Waals surface area contributed by atoms with Crippen LogP contribution in [0.15, 0.2) is 11.6 Å². The highest BCUT2D eigenvalue weighted by Gasteiger charge is 2.19. The van der Waals surface area contributed by atoms with Gasteiger partial charge in [0, 0.05) is 0 Å². The summed E-state index contributed by atoms with van der Waals surface area (Å²) in [6.45, 7) is 0. The van der Waals surface area contributed by atoms with E-state index < -0.39 is 0 Å². The normalized spacial score (nSPS) is 25.1. The van der Waals surface area contributed by atoms with Gasteiger partial charge in [0.15, 0.2) is 0 Å². The third kappa shape index (κ3) is 1.17. The van der Waals surface area contributed by atoms with Gasteiger partial charge < -0.3 is 0 Å². The van der Waals surface area contributed by atoms with Crippen LogP contribution in [-0.4, -0.2) is 0 Å². The molecule has 0 N–H and O–H groups in total. The van der Waals surface area contributed by atoms with Crippen LogP contribution >= 0.6 is 0 Å². The van der Waals surface area contributed by atoms with Gasteiger partial charge in [0.25, 0.3) is 0 Å². The molecule has 0 aromatic carbocycles. The van der Waals surface area contributed by atoms with Crippen molar-refractivity contribution in [2.75, 3.05) is 0 Å². The second kappa shape index (κ2) is 2.55. The third-order valence-corrected chi connectivity index (χ3v) is 2.49. The number of fused-ring (bicyclic) bond motifs is 3. The average Bonchev–Trinajstić information content (AvgIpc) is 1.92. The fraction of sp³-hybridized carbons (Fsp3) is 0.778. The van der Waals surface area contributed by atoms with Crippen LogP contribution in [0.2, 0.25) is 0 Å². The first kappa shape index (κ1) is 6.85. The average molecular weight is 124 g/mol. The lowest BCUT2D eigenvalue weighted by molar-refractivity contribution is 0.384. The van der Waals surface area contributed by atoms with E-state index in [9.17, 15) is 0 Å². The van der Waals surface area contributed by atoms with Gasteiger partial charge in [-0.2, -0.15) is 0 Å². The lowest BCUT2D eigenvalue weighted by atomic mass is 9.78. The van der Waals surface area contributed by atoms with E-state index in [1.807, 2.05) is 0 Å². The Balaban J connectivity index is 0.000000405. The Kier molecular flexibility index (Phi) is 1.94. The first-order chi connectivity index (χ1) is 3.95. The number of rotatable bonds is 0. The Hall–Kier alpha value is -0.260. The molecule has 0 saturated heterocycles. The number of allylic oxidation sites excluding steroid dienone is 2. The van der Waals surface area contributed by atoms with Gasteiger partial charge in [0.05, 0.1) is 0 Å². The Bertz CT molecular complexity index is 112. The van der Waals surface area contributed by atoms with Gasteiger partial charge in [-0.15, -0.1) is 0 Å². The van der Waals surface area contributed by atoms with Gasteiger partial charge >= 0.3 is 0 Å². The summed E-state index contributed by atoms with van der Waals surface area (Å²) >= 11 is 0. The predicted octanol–water partition coefficient (Wildman–Crippen LogP) is 3.14. The van der Waals surface area contributed by atoms with E-state index in [0.717, 1.165) is 5.92 Å². The zero-order valence-corrected chi connectivity index (χ0v) is 5.19. The van der Waals surface area contributed by atoms with Crippen molar-refractivity contribution in [3.8, 4) is 0 Å². The third-order valence-electron chi connectivity index (χ3n) is 2.49. The van der Waals surface area contributed by atoms with E-state index in [0.29, 0.717) is 0 Å². The maximum Gasteiger partial charge on any atom is -0.0318 e. The summed E-state index contributed by atoms with van der Waals surface area (Å²) < 4.78 is 0. The van der Waals surface area contributed by atoms with Gasteiger partial charge in [0.1, 0.15) is 0 Å². The lowest BCUT2D eigenvalue weighted by Gasteiger charge is -2.28. The van der Waals surface area contributed by atoms with E-state index in [2.05, 4.69) is 6.08 Å². The van der Waals surface area contributed by atoms with Gasteiger partial charge in [-0.25, -0.2) is 0 Å². The van der Waals surface area contributed by atoms with Gasteiger partial charge in [-0.3, -0.25) is 0 Å². The highest BCUT2D eigenvalue weighted by Crippen LogP contribution is 2.36. The van der Waals surface area contributed by atoms with E-state index in [4.69, 9.17) is 0 Å². The van der Waals surface area contributed by atoms with Crippen molar-refractivity contribution in [1.29, 1.82) is 0 Å². The molecule has 3 aliphatic rings. The summed E-state index contributed by atoms with van der Waals surface area (Å²) in [7, 11) is 0. The van der Waals surface area contributed by atoms with Crippen molar-refractivity contribution < 1.29 is 0 Å².